The number of hydrogen-bond acceptors (Lipinski definition) is 2. The molecule has 2 nitrogen and oxygen atoms in total. The third-order valence-electron chi connectivity index (χ3n) is 2.24. The lowest BCUT2D eigenvalue weighted by Gasteiger charge is -2.20. The lowest BCUT2D eigenvalue weighted by Crippen LogP contribution is -2.31. The third kappa shape index (κ3) is 4.71. The quantitative estimate of drug-likeness (QED) is 0.755. The molecule has 1 aliphatic rings. The average molecular weight is 247 g/mol. The molecule has 13 heavy (non-hydrogen) atoms. The van der Waals surface area contributed by atoms with Gasteiger partial charge in [0.05, 0.1) is 5.60 Å². The average Bonchev–Trinajstić information content (AvgIpc) is 2.24. The second-order valence-corrected chi connectivity index (χ2v) is 6.40. The van der Waals surface area contributed by atoms with Gasteiger partial charge in [-0.1, -0.05) is 34.8 Å². The molecule has 0 amide bonds. The predicted molar refractivity (Wildman–Crippen MR) is 56.6 cm³/mol. The molecule has 0 saturated carbocycles. The highest BCUT2D eigenvalue weighted by atomic mass is 35.6. The van der Waals surface area contributed by atoms with Crippen molar-refractivity contribution in [3.05, 3.63) is 0 Å². The number of rotatable bonds is 2. The van der Waals surface area contributed by atoms with E-state index in [0.29, 0.717) is 13.0 Å². The molecule has 1 fully saturated rings. The van der Waals surface area contributed by atoms with Gasteiger partial charge in [-0.3, -0.25) is 0 Å². The van der Waals surface area contributed by atoms with Gasteiger partial charge in [-0.15, -0.1) is 0 Å². The monoisotopic (exact) mass is 245 g/mol. The molecule has 5 heteroatoms. The molecule has 0 aliphatic carbocycles. The summed E-state index contributed by atoms with van der Waals surface area (Å²) in [6, 6.07) is 0. The fourth-order valence-corrected chi connectivity index (χ4v) is 1.77. The van der Waals surface area contributed by atoms with Crippen molar-refractivity contribution in [2.45, 2.75) is 29.2 Å². The van der Waals surface area contributed by atoms with Crippen molar-refractivity contribution in [2.24, 2.45) is 0 Å². The number of halogens is 3. The van der Waals surface area contributed by atoms with Gasteiger partial charge in [0.2, 0.25) is 0 Å². The second kappa shape index (κ2) is 4.11. The highest BCUT2D eigenvalue weighted by Gasteiger charge is 2.32. The molecule has 1 aliphatic heterocycles. The normalized spacial score (nSPS) is 31.2. The van der Waals surface area contributed by atoms with E-state index in [1.54, 1.807) is 0 Å². The molecule has 0 radical (unpaired) electrons. The molecule has 0 aromatic heterocycles. The van der Waals surface area contributed by atoms with Crippen LogP contribution in [0.1, 0.15) is 19.8 Å². The van der Waals surface area contributed by atoms with Gasteiger partial charge in [0.25, 0.3) is 0 Å². The first-order chi connectivity index (χ1) is 5.79. The van der Waals surface area contributed by atoms with Crippen LogP contribution in [0.3, 0.4) is 0 Å². The largest absolute Gasteiger partial charge is 0.389 e. The molecule has 0 aromatic carbocycles. The standard InChI is InChI=1S/C8H14Cl3NO/c1-7(13)2-4-12(6-7)5-3-8(9,10)11/h13H,2-6H2,1H3. The molecule has 1 N–H and O–H groups in total. The first-order valence-electron chi connectivity index (χ1n) is 4.30. The van der Waals surface area contributed by atoms with E-state index in [4.69, 9.17) is 34.8 Å². The molecule has 78 valence electrons. The van der Waals surface area contributed by atoms with E-state index in [-0.39, 0.29) is 0 Å². The van der Waals surface area contributed by atoms with Crippen LogP contribution in [-0.4, -0.2) is 39.0 Å². The van der Waals surface area contributed by atoms with Crippen LogP contribution in [0.15, 0.2) is 0 Å². The van der Waals surface area contributed by atoms with E-state index < -0.39 is 9.39 Å². The van der Waals surface area contributed by atoms with E-state index >= 15 is 0 Å². The second-order valence-electron chi connectivity index (χ2n) is 3.89. The van der Waals surface area contributed by atoms with Crippen molar-refractivity contribution < 1.29 is 5.11 Å². The molecule has 0 spiro atoms. The Kier molecular flexibility index (Phi) is 3.75. The van der Waals surface area contributed by atoms with Crippen molar-refractivity contribution in [2.75, 3.05) is 19.6 Å². The Morgan fingerprint density at radius 2 is 2.08 bits per heavy atom. The predicted octanol–water partition coefficient (Wildman–Crippen LogP) is 2.20. The van der Waals surface area contributed by atoms with Gasteiger partial charge >= 0.3 is 0 Å². The number of hydrogen-bond donors (Lipinski definition) is 1. The van der Waals surface area contributed by atoms with Crippen molar-refractivity contribution >= 4 is 34.8 Å². The Hall–Kier alpha value is 0.790. The number of alkyl halides is 3. The Labute approximate surface area is 93.8 Å². The molecule has 1 unspecified atom stereocenters. The number of aliphatic hydroxyl groups is 1. The minimum atomic E-state index is -1.17. The van der Waals surface area contributed by atoms with E-state index in [9.17, 15) is 5.11 Å². The summed E-state index contributed by atoms with van der Waals surface area (Å²) in [4.78, 5) is 2.11. The Morgan fingerprint density at radius 3 is 2.46 bits per heavy atom. The van der Waals surface area contributed by atoms with Crippen molar-refractivity contribution in [3.63, 3.8) is 0 Å². The SMILES string of the molecule is CC1(O)CCN(CCC(Cl)(Cl)Cl)C1. The fourth-order valence-electron chi connectivity index (χ4n) is 1.51. The van der Waals surface area contributed by atoms with Gasteiger partial charge in [-0.25, -0.2) is 0 Å². The summed E-state index contributed by atoms with van der Waals surface area (Å²) in [6.45, 7) is 4.12. The Bertz CT molecular complexity index is 179. The van der Waals surface area contributed by atoms with Crippen LogP contribution in [0.4, 0.5) is 0 Å². The summed E-state index contributed by atoms with van der Waals surface area (Å²) >= 11 is 16.9. The van der Waals surface area contributed by atoms with Crippen LogP contribution in [0.5, 0.6) is 0 Å². The summed E-state index contributed by atoms with van der Waals surface area (Å²) in [7, 11) is 0. The van der Waals surface area contributed by atoms with Crippen LogP contribution in [-0.2, 0) is 0 Å². The summed E-state index contributed by atoms with van der Waals surface area (Å²) in [5.74, 6) is 0. The van der Waals surface area contributed by atoms with Crippen LogP contribution >= 0.6 is 34.8 Å². The van der Waals surface area contributed by atoms with E-state index in [0.717, 1.165) is 19.5 Å². The highest BCUT2D eigenvalue weighted by Crippen LogP contribution is 2.31. The summed E-state index contributed by atoms with van der Waals surface area (Å²) in [6.07, 6.45) is 1.31. The van der Waals surface area contributed by atoms with Crippen LogP contribution < -0.4 is 0 Å². The number of likely N-dealkylation sites (tertiary alicyclic amines) is 1. The fraction of sp³-hybridized carbons (Fsp3) is 1.00. The van der Waals surface area contributed by atoms with Crippen molar-refractivity contribution in [3.8, 4) is 0 Å². The Morgan fingerprint density at radius 1 is 1.46 bits per heavy atom. The van der Waals surface area contributed by atoms with E-state index in [1.165, 1.54) is 0 Å². The van der Waals surface area contributed by atoms with Gasteiger partial charge < -0.3 is 10.0 Å². The molecular formula is C8H14Cl3NO. The molecule has 1 rings (SSSR count). The first-order valence-corrected chi connectivity index (χ1v) is 5.43. The molecule has 0 bridgehead atoms. The molecular weight excluding hydrogens is 232 g/mol. The van der Waals surface area contributed by atoms with Gasteiger partial charge in [-0.05, 0) is 13.3 Å². The van der Waals surface area contributed by atoms with Crippen LogP contribution in [0.25, 0.3) is 0 Å². The first kappa shape index (κ1) is 11.9. The molecule has 1 heterocycles. The summed E-state index contributed by atoms with van der Waals surface area (Å²) < 4.78 is -1.17. The maximum Gasteiger partial charge on any atom is 0.191 e. The third-order valence-corrected chi connectivity index (χ3v) is 2.81. The Balaban J connectivity index is 2.25. The number of β-amino-alcohol motifs (C(OH)–C–C–N with tert-alkyl or cyclic N) is 1. The lowest BCUT2D eigenvalue weighted by atomic mass is 10.1. The zero-order chi connectivity index (χ0) is 10.1. The zero-order valence-corrected chi connectivity index (χ0v) is 9.83. The van der Waals surface area contributed by atoms with Crippen molar-refractivity contribution in [1.82, 2.24) is 4.90 Å². The van der Waals surface area contributed by atoms with E-state index in [2.05, 4.69) is 4.90 Å². The minimum absolute atomic E-state index is 0.508. The van der Waals surface area contributed by atoms with Gasteiger partial charge in [0.1, 0.15) is 0 Å². The zero-order valence-electron chi connectivity index (χ0n) is 7.56. The van der Waals surface area contributed by atoms with Gasteiger partial charge in [0.15, 0.2) is 3.79 Å². The summed E-state index contributed by atoms with van der Waals surface area (Å²) in [5.41, 5.74) is -0.562. The molecule has 1 atom stereocenters. The summed E-state index contributed by atoms with van der Waals surface area (Å²) in [5, 5.41) is 9.65. The van der Waals surface area contributed by atoms with Gasteiger partial charge in [-0.2, -0.15) is 0 Å². The molecule has 1 saturated heterocycles. The smallest absolute Gasteiger partial charge is 0.191 e. The highest BCUT2D eigenvalue weighted by molar-refractivity contribution is 6.67. The van der Waals surface area contributed by atoms with Gasteiger partial charge in [0, 0.05) is 26.1 Å². The minimum Gasteiger partial charge on any atom is -0.389 e. The number of nitrogens with zero attached hydrogens (tertiary/aromatic N) is 1. The lowest BCUT2D eigenvalue weighted by molar-refractivity contribution is 0.0687. The van der Waals surface area contributed by atoms with Crippen LogP contribution in [0.2, 0.25) is 0 Å². The van der Waals surface area contributed by atoms with Crippen LogP contribution in [0, 0.1) is 0 Å². The molecule has 0 aromatic rings. The topological polar surface area (TPSA) is 23.5 Å². The van der Waals surface area contributed by atoms with E-state index in [1.807, 2.05) is 6.92 Å². The maximum atomic E-state index is 9.65. The van der Waals surface area contributed by atoms with Crippen molar-refractivity contribution in [1.29, 1.82) is 0 Å². The maximum absolute atomic E-state index is 9.65.